The van der Waals surface area contributed by atoms with Gasteiger partial charge in [-0.1, -0.05) is 28.9 Å². The smallest absolute Gasteiger partial charge is 0.259 e. The molecule has 0 aliphatic rings. The molecule has 2 N–H and O–H groups in total. The minimum atomic E-state index is -0.325. The largest absolute Gasteiger partial charge is 0.334 e. The van der Waals surface area contributed by atoms with E-state index in [0.717, 1.165) is 5.56 Å². The van der Waals surface area contributed by atoms with Gasteiger partial charge in [0.15, 0.2) is 0 Å². The van der Waals surface area contributed by atoms with Crippen LogP contribution >= 0.6 is 11.6 Å². The van der Waals surface area contributed by atoms with E-state index in [9.17, 15) is 9.59 Å². The Bertz CT molecular complexity index is 1230. The second kappa shape index (κ2) is 8.81. The predicted molar refractivity (Wildman–Crippen MR) is 119 cm³/mol. The van der Waals surface area contributed by atoms with E-state index in [1.54, 1.807) is 72.8 Å². The molecule has 1 aromatic heterocycles. The van der Waals surface area contributed by atoms with Gasteiger partial charge in [-0.3, -0.25) is 9.59 Å². The molecule has 0 aliphatic heterocycles. The molecule has 7 nitrogen and oxygen atoms in total. The Morgan fingerprint density at radius 1 is 0.871 bits per heavy atom. The lowest BCUT2D eigenvalue weighted by molar-refractivity contribution is -0.114. The van der Waals surface area contributed by atoms with Crippen LogP contribution in [0, 0.1) is 0 Å². The van der Waals surface area contributed by atoms with Gasteiger partial charge in [-0.15, -0.1) is 0 Å². The summed E-state index contributed by atoms with van der Waals surface area (Å²) in [6.45, 7) is 1.43. The van der Waals surface area contributed by atoms with E-state index >= 15 is 0 Å². The van der Waals surface area contributed by atoms with Gasteiger partial charge in [0.05, 0.1) is 11.1 Å². The van der Waals surface area contributed by atoms with Crippen LogP contribution in [0.3, 0.4) is 0 Å². The highest BCUT2D eigenvalue weighted by atomic mass is 35.5. The van der Waals surface area contributed by atoms with Crippen LogP contribution < -0.4 is 10.6 Å². The van der Waals surface area contributed by atoms with Crippen molar-refractivity contribution in [3.8, 4) is 22.8 Å². The van der Waals surface area contributed by atoms with E-state index < -0.39 is 0 Å². The fourth-order valence-electron chi connectivity index (χ4n) is 2.96. The van der Waals surface area contributed by atoms with Crippen molar-refractivity contribution in [3.05, 3.63) is 83.4 Å². The Balaban J connectivity index is 1.56. The van der Waals surface area contributed by atoms with Crippen LogP contribution in [0.2, 0.25) is 5.02 Å². The molecule has 0 aliphatic carbocycles. The quantitative estimate of drug-likeness (QED) is 0.448. The molecule has 4 aromatic rings. The first kappa shape index (κ1) is 20.3. The number of benzene rings is 3. The van der Waals surface area contributed by atoms with Crippen LogP contribution in [-0.2, 0) is 4.79 Å². The number of halogens is 1. The first-order valence-corrected chi connectivity index (χ1v) is 9.75. The molecule has 0 bridgehead atoms. The summed E-state index contributed by atoms with van der Waals surface area (Å²) in [4.78, 5) is 28.5. The number of rotatable bonds is 5. The molecule has 2 amide bonds. The van der Waals surface area contributed by atoms with Gasteiger partial charge in [-0.25, -0.2) is 0 Å². The van der Waals surface area contributed by atoms with E-state index in [2.05, 4.69) is 20.8 Å². The van der Waals surface area contributed by atoms with Crippen LogP contribution in [0.4, 0.5) is 11.4 Å². The summed E-state index contributed by atoms with van der Waals surface area (Å²) in [6, 6.07) is 20.9. The van der Waals surface area contributed by atoms with Crippen LogP contribution in [-0.4, -0.2) is 22.0 Å². The van der Waals surface area contributed by atoms with E-state index in [1.165, 1.54) is 6.92 Å². The standard InChI is InChI=1S/C23H17ClN4O3/c1-14(29)25-17-10-12-18(13-11-17)26-22(30)19-4-2-3-5-20(19)23-27-21(28-31-23)15-6-8-16(24)9-7-15/h2-13H,1H3,(H,25,29)(H,26,30). The summed E-state index contributed by atoms with van der Waals surface area (Å²) >= 11 is 5.93. The fraction of sp³-hybridized carbons (Fsp3) is 0.0435. The van der Waals surface area contributed by atoms with Crippen molar-refractivity contribution in [2.24, 2.45) is 0 Å². The van der Waals surface area contributed by atoms with Gasteiger partial charge >= 0.3 is 0 Å². The SMILES string of the molecule is CC(=O)Nc1ccc(NC(=O)c2ccccc2-c2nc(-c3ccc(Cl)cc3)no2)cc1. The Morgan fingerprint density at radius 2 is 1.52 bits per heavy atom. The van der Waals surface area contributed by atoms with Crippen molar-refractivity contribution < 1.29 is 14.1 Å². The molecule has 0 radical (unpaired) electrons. The van der Waals surface area contributed by atoms with Crippen molar-refractivity contribution in [2.75, 3.05) is 10.6 Å². The highest BCUT2D eigenvalue weighted by Crippen LogP contribution is 2.26. The summed E-state index contributed by atoms with van der Waals surface area (Å²) in [7, 11) is 0. The third-order valence-electron chi connectivity index (χ3n) is 4.39. The molecule has 0 saturated carbocycles. The second-order valence-electron chi connectivity index (χ2n) is 6.69. The zero-order valence-electron chi connectivity index (χ0n) is 16.4. The number of nitrogens with zero attached hydrogens (tertiary/aromatic N) is 2. The van der Waals surface area contributed by atoms with Crippen LogP contribution in [0.25, 0.3) is 22.8 Å². The summed E-state index contributed by atoms with van der Waals surface area (Å²) in [5.41, 5.74) is 2.88. The maximum Gasteiger partial charge on any atom is 0.259 e. The average Bonchev–Trinajstić information content (AvgIpc) is 3.25. The third-order valence-corrected chi connectivity index (χ3v) is 4.65. The summed E-state index contributed by atoms with van der Waals surface area (Å²) in [6.07, 6.45) is 0. The molecule has 154 valence electrons. The first-order chi connectivity index (χ1) is 15.0. The van der Waals surface area contributed by atoms with E-state index in [0.29, 0.717) is 33.3 Å². The number of anilines is 2. The van der Waals surface area contributed by atoms with Gasteiger partial charge in [0.2, 0.25) is 11.7 Å². The summed E-state index contributed by atoms with van der Waals surface area (Å²) in [5.74, 6) is 0.143. The van der Waals surface area contributed by atoms with Crippen LogP contribution in [0.1, 0.15) is 17.3 Å². The lowest BCUT2D eigenvalue weighted by Crippen LogP contribution is -2.13. The molecule has 31 heavy (non-hydrogen) atoms. The van der Waals surface area contributed by atoms with Gasteiger partial charge in [0.25, 0.3) is 11.8 Å². The average molecular weight is 433 g/mol. The van der Waals surface area contributed by atoms with Crippen molar-refractivity contribution in [1.82, 2.24) is 10.1 Å². The Hall–Kier alpha value is -3.97. The fourth-order valence-corrected chi connectivity index (χ4v) is 3.08. The number of carbonyl (C=O) groups excluding carboxylic acids is 2. The first-order valence-electron chi connectivity index (χ1n) is 9.37. The summed E-state index contributed by atoms with van der Waals surface area (Å²) < 4.78 is 5.41. The van der Waals surface area contributed by atoms with Gasteiger partial charge in [-0.05, 0) is 60.7 Å². The maximum absolute atomic E-state index is 12.9. The summed E-state index contributed by atoms with van der Waals surface area (Å²) in [5, 5.41) is 10.1. The number of amides is 2. The number of hydrogen-bond acceptors (Lipinski definition) is 5. The molecule has 0 spiro atoms. The van der Waals surface area contributed by atoms with Gasteiger partial charge in [-0.2, -0.15) is 4.98 Å². The normalized spacial score (nSPS) is 10.5. The second-order valence-corrected chi connectivity index (χ2v) is 7.12. The van der Waals surface area contributed by atoms with Crippen molar-refractivity contribution >= 4 is 34.8 Å². The third kappa shape index (κ3) is 4.79. The monoisotopic (exact) mass is 432 g/mol. The molecule has 0 fully saturated rings. The van der Waals surface area contributed by atoms with Crippen molar-refractivity contribution in [1.29, 1.82) is 0 Å². The lowest BCUT2D eigenvalue weighted by Gasteiger charge is -2.09. The Labute approximate surface area is 183 Å². The van der Waals surface area contributed by atoms with Crippen molar-refractivity contribution in [2.45, 2.75) is 6.92 Å². The Morgan fingerprint density at radius 3 is 2.19 bits per heavy atom. The minimum Gasteiger partial charge on any atom is -0.334 e. The molecule has 0 unspecified atom stereocenters. The molecule has 1 heterocycles. The van der Waals surface area contributed by atoms with Gasteiger partial charge in [0.1, 0.15) is 0 Å². The van der Waals surface area contributed by atoms with Crippen molar-refractivity contribution in [3.63, 3.8) is 0 Å². The predicted octanol–water partition coefficient (Wildman–Crippen LogP) is 5.27. The molecule has 3 aromatic carbocycles. The minimum absolute atomic E-state index is 0.164. The molecule has 4 rings (SSSR count). The number of carbonyl (C=O) groups is 2. The maximum atomic E-state index is 12.9. The molecule has 8 heteroatoms. The van der Waals surface area contributed by atoms with Gasteiger partial charge < -0.3 is 15.2 Å². The number of hydrogen-bond donors (Lipinski definition) is 2. The van der Waals surface area contributed by atoms with E-state index in [-0.39, 0.29) is 17.7 Å². The zero-order chi connectivity index (χ0) is 21.8. The lowest BCUT2D eigenvalue weighted by atomic mass is 10.1. The van der Waals surface area contributed by atoms with E-state index in [1.807, 2.05) is 0 Å². The Kier molecular flexibility index (Phi) is 5.77. The topological polar surface area (TPSA) is 97.1 Å². The molecule has 0 atom stereocenters. The number of aromatic nitrogens is 2. The van der Waals surface area contributed by atoms with Gasteiger partial charge in [0, 0.05) is 28.9 Å². The molecular formula is C23H17ClN4O3. The molecule has 0 saturated heterocycles. The van der Waals surface area contributed by atoms with Crippen LogP contribution in [0.5, 0.6) is 0 Å². The zero-order valence-corrected chi connectivity index (χ0v) is 17.2. The highest BCUT2D eigenvalue weighted by Gasteiger charge is 2.18. The molecular weight excluding hydrogens is 416 g/mol. The van der Waals surface area contributed by atoms with E-state index in [4.69, 9.17) is 16.1 Å². The number of nitrogens with one attached hydrogen (secondary N) is 2. The van der Waals surface area contributed by atoms with Crippen LogP contribution in [0.15, 0.2) is 77.3 Å². The highest BCUT2D eigenvalue weighted by molar-refractivity contribution is 6.30.